The summed E-state index contributed by atoms with van der Waals surface area (Å²) >= 11 is 0. The number of hydrogen-bond donors (Lipinski definition) is 0. The lowest BCUT2D eigenvalue weighted by atomic mass is 9.84. The van der Waals surface area contributed by atoms with E-state index >= 15 is 0 Å². The first-order chi connectivity index (χ1) is 14.3. The molecule has 0 radical (unpaired) electrons. The average molecular weight is 391 g/mol. The van der Waals surface area contributed by atoms with Crippen molar-refractivity contribution in [3.63, 3.8) is 0 Å². The fourth-order valence-corrected chi connectivity index (χ4v) is 5.38. The normalized spacial score (nSPS) is 24.9. The number of aromatic nitrogens is 3. The molecule has 3 heterocycles. The van der Waals surface area contributed by atoms with E-state index in [9.17, 15) is 0 Å². The van der Waals surface area contributed by atoms with Crippen molar-refractivity contribution in [2.45, 2.75) is 64.1 Å². The summed E-state index contributed by atoms with van der Waals surface area (Å²) in [7, 11) is 0. The van der Waals surface area contributed by atoms with Crippen LogP contribution in [0, 0.1) is 17.2 Å². The second-order valence-electron chi connectivity index (χ2n) is 8.82. The SMILES string of the molecule is CCn1c(Cc2ccc(C#N)cc2)nnc1N1CCC2C(CCCN2C2CC2)C1. The van der Waals surface area contributed by atoms with Crippen LogP contribution >= 0.6 is 0 Å². The van der Waals surface area contributed by atoms with Gasteiger partial charge in [0.2, 0.25) is 5.95 Å². The summed E-state index contributed by atoms with van der Waals surface area (Å²) in [6.07, 6.45) is 7.52. The minimum Gasteiger partial charge on any atom is -0.341 e. The van der Waals surface area contributed by atoms with Crippen molar-refractivity contribution in [3.8, 4) is 6.07 Å². The van der Waals surface area contributed by atoms with Gasteiger partial charge in [0.15, 0.2) is 0 Å². The predicted octanol–water partition coefficient (Wildman–Crippen LogP) is 3.21. The van der Waals surface area contributed by atoms with Crippen LogP contribution in [0.5, 0.6) is 0 Å². The summed E-state index contributed by atoms with van der Waals surface area (Å²) in [5, 5.41) is 18.2. The average Bonchev–Trinajstić information content (AvgIpc) is 3.54. The highest BCUT2D eigenvalue weighted by Crippen LogP contribution is 2.39. The van der Waals surface area contributed by atoms with Gasteiger partial charge in [-0.15, -0.1) is 10.2 Å². The van der Waals surface area contributed by atoms with E-state index in [1.165, 1.54) is 44.2 Å². The molecule has 2 aromatic rings. The smallest absolute Gasteiger partial charge is 0.227 e. The summed E-state index contributed by atoms with van der Waals surface area (Å²) in [5.74, 6) is 2.82. The lowest BCUT2D eigenvalue weighted by Gasteiger charge is -2.47. The molecule has 152 valence electrons. The third-order valence-corrected chi connectivity index (χ3v) is 6.98. The van der Waals surface area contributed by atoms with E-state index in [4.69, 9.17) is 5.26 Å². The Labute approximate surface area is 173 Å². The van der Waals surface area contributed by atoms with E-state index in [1.807, 2.05) is 24.3 Å². The summed E-state index contributed by atoms with van der Waals surface area (Å²) in [4.78, 5) is 5.31. The molecule has 2 unspecified atom stereocenters. The fourth-order valence-electron chi connectivity index (χ4n) is 5.38. The molecule has 5 rings (SSSR count). The maximum atomic E-state index is 9.00. The summed E-state index contributed by atoms with van der Waals surface area (Å²) in [6.45, 7) is 6.57. The molecule has 3 fully saturated rings. The minimum absolute atomic E-state index is 0.696. The van der Waals surface area contributed by atoms with Gasteiger partial charge in [0.1, 0.15) is 5.82 Å². The second kappa shape index (κ2) is 7.79. The molecule has 2 saturated heterocycles. The molecule has 3 aliphatic rings. The van der Waals surface area contributed by atoms with E-state index in [1.54, 1.807) is 0 Å². The third-order valence-electron chi connectivity index (χ3n) is 6.98. The number of piperidine rings is 2. The van der Waals surface area contributed by atoms with Crippen LogP contribution in [0.2, 0.25) is 0 Å². The largest absolute Gasteiger partial charge is 0.341 e. The molecule has 6 nitrogen and oxygen atoms in total. The summed E-state index contributed by atoms with van der Waals surface area (Å²) < 4.78 is 2.28. The Bertz CT molecular complexity index is 891. The number of hydrogen-bond acceptors (Lipinski definition) is 5. The second-order valence-corrected chi connectivity index (χ2v) is 8.82. The van der Waals surface area contributed by atoms with Crippen LogP contribution in [0.25, 0.3) is 0 Å². The Morgan fingerprint density at radius 1 is 1.07 bits per heavy atom. The highest BCUT2D eigenvalue weighted by Gasteiger charge is 2.42. The lowest BCUT2D eigenvalue weighted by Crippen LogP contribution is -2.55. The van der Waals surface area contributed by atoms with E-state index in [-0.39, 0.29) is 0 Å². The topological polar surface area (TPSA) is 61.0 Å². The molecule has 1 aromatic heterocycles. The van der Waals surface area contributed by atoms with Gasteiger partial charge in [-0.2, -0.15) is 5.26 Å². The number of nitriles is 1. The maximum absolute atomic E-state index is 9.00. The zero-order valence-electron chi connectivity index (χ0n) is 17.3. The molecule has 0 bridgehead atoms. The van der Waals surface area contributed by atoms with E-state index < -0.39 is 0 Å². The van der Waals surface area contributed by atoms with Crippen LogP contribution in [0.3, 0.4) is 0 Å². The van der Waals surface area contributed by atoms with Gasteiger partial charge in [0.05, 0.1) is 11.6 Å². The van der Waals surface area contributed by atoms with E-state index in [2.05, 4.69) is 37.6 Å². The lowest BCUT2D eigenvalue weighted by molar-refractivity contribution is 0.0693. The van der Waals surface area contributed by atoms with Crippen molar-refractivity contribution in [1.29, 1.82) is 5.26 Å². The Balaban J connectivity index is 1.32. The highest BCUT2D eigenvalue weighted by atomic mass is 15.4. The van der Waals surface area contributed by atoms with Gasteiger partial charge in [-0.25, -0.2) is 0 Å². The van der Waals surface area contributed by atoms with Gasteiger partial charge in [0.25, 0.3) is 0 Å². The van der Waals surface area contributed by atoms with Gasteiger partial charge in [-0.3, -0.25) is 9.47 Å². The van der Waals surface area contributed by atoms with Crippen LogP contribution in [0.1, 0.15) is 56.0 Å². The molecule has 6 heteroatoms. The van der Waals surface area contributed by atoms with Crippen LogP contribution in [0.15, 0.2) is 24.3 Å². The van der Waals surface area contributed by atoms with Crippen LogP contribution < -0.4 is 4.90 Å². The fraction of sp³-hybridized carbons (Fsp3) is 0.609. The van der Waals surface area contributed by atoms with Crippen molar-refractivity contribution < 1.29 is 0 Å². The number of anilines is 1. The first kappa shape index (κ1) is 18.6. The highest BCUT2D eigenvalue weighted by molar-refractivity contribution is 5.36. The molecule has 1 saturated carbocycles. The summed E-state index contributed by atoms with van der Waals surface area (Å²) in [6, 6.07) is 11.6. The maximum Gasteiger partial charge on any atom is 0.227 e. The molecule has 2 aliphatic heterocycles. The molecular formula is C23H30N6. The molecule has 1 aromatic carbocycles. The first-order valence-electron chi connectivity index (χ1n) is 11.2. The predicted molar refractivity (Wildman–Crippen MR) is 113 cm³/mol. The van der Waals surface area contributed by atoms with Crippen LogP contribution in [-0.2, 0) is 13.0 Å². The van der Waals surface area contributed by atoms with Gasteiger partial charge in [-0.05, 0) is 69.2 Å². The molecule has 0 amide bonds. The van der Waals surface area contributed by atoms with Gasteiger partial charge >= 0.3 is 0 Å². The monoisotopic (exact) mass is 390 g/mol. The Kier molecular flexibility index (Phi) is 5.01. The van der Waals surface area contributed by atoms with Crippen LogP contribution in [-0.4, -0.2) is 51.4 Å². The van der Waals surface area contributed by atoms with Crippen molar-refractivity contribution in [2.24, 2.45) is 5.92 Å². The number of likely N-dealkylation sites (tertiary alicyclic amines) is 1. The standard InChI is InChI=1S/C23H30N6/c1-2-28-22(14-17-5-7-18(15-24)8-6-17)25-26-23(28)27-13-11-21-19(16-27)4-3-12-29(21)20-9-10-20/h5-8,19-21H,2-4,9-14,16H2,1H3. The van der Waals surface area contributed by atoms with E-state index in [0.29, 0.717) is 5.56 Å². The number of benzene rings is 1. The molecule has 29 heavy (non-hydrogen) atoms. The zero-order chi connectivity index (χ0) is 19.8. The molecular weight excluding hydrogens is 360 g/mol. The molecule has 0 spiro atoms. The van der Waals surface area contributed by atoms with Crippen molar-refractivity contribution >= 4 is 5.95 Å². The Hall–Kier alpha value is -2.39. The molecule has 1 aliphatic carbocycles. The molecule has 0 N–H and O–H groups in total. The summed E-state index contributed by atoms with van der Waals surface area (Å²) in [5.41, 5.74) is 1.87. The van der Waals surface area contributed by atoms with Gasteiger partial charge in [0, 0.05) is 38.1 Å². The van der Waals surface area contributed by atoms with Crippen molar-refractivity contribution in [2.75, 3.05) is 24.5 Å². The third kappa shape index (κ3) is 3.64. The zero-order valence-corrected chi connectivity index (χ0v) is 17.3. The number of fused-ring (bicyclic) bond motifs is 1. The Morgan fingerprint density at radius 3 is 2.62 bits per heavy atom. The van der Waals surface area contributed by atoms with Gasteiger partial charge < -0.3 is 4.90 Å². The molecule has 2 atom stereocenters. The van der Waals surface area contributed by atoms with Crippen molar-refractivity contribution in [1.82, 2.24) is 19.7 Å². The Morgan fingerprint density at radius 2 is 1.90 bits per heavy atom. The number of nitrogens with zero attached hydrogens (tertiary/aromatic N) is 6. The van der Waals surface area contributed by atoms with Gasteiger partial charge in [-0.1, -0.05) is 12.1 Å². The van der Waals surface area contributed by atoms with E-state index in [0.717, 1.165) is 55.8 Å². The quantitative estimate of drug-likeness (QED) is 0.784. The number of rotatable bonds is 5. The van der Waals surface area contributed by atoms with Crippen molar-refractivity contribution in [3.05, 3.63) is 41.2 Å². The first-order valence-corrected chi connectivity index (χ1v) is 11.2. The van der Waals surface area contributed by atoms with Crippen LogP contribution in [0.4, 0.5) is 5.95 Å². The minimum atomic E-state index is 0.696.